The van der Waals surface area contributed by atoms with Gasteiger partial charge in [-0.1, -0.05) is 6.92 Å². The lowest BCUT2D eigenvalue weighted by Gasteiger charge is -2.01. The average Bonchev–Trinajstić information content (AvgIpc) is 2.91. The van der Waals surface area contributed by atoms with Gasteiger partial charge < -0.3 is 9.15 Å². The molecular weight excluding hydrogens is 280 g/mol. The smallest absolute Gasteiger partial charge is 0.338 e. The molecule has 4 nitrogen and oxygen atoms in total. The van der Waals surface area contributed by atoms with E-state index in [1.807, 2.05) is 13.0 Å². The molecule has 0 saturated heterocycles. The third kappa shape index (κ3) is 2.37. The van der Waals surface area contributed by atoms with Gasteiger partial charge in [0.05, 0.1) is 12.2 Å². The molecule has 4 heteroatoms. The van der Waals surface area contributed by atoms with Gasteiger partial charge in [0, 0.05) is 22.8 Å². The van der Waals surface area contributed by atoms with Crippen LogP contribution in [0.2, 0.25) is 0 Å². The van der Waals surface area contributed by atoms with E-state index in [9.17, 15) is 9.59 Å². The first-order chi connectivity index (χ1) is 10.6. The van der Waals surface area contributed by atoms with Gasteiger partial charge in [-0.2, -0.15) is 0 Å². The second-order valence-corrected chi connectivity index (χ2v) is 5.02. The minimum atomic E-state index is -0.362. The van der Waals surface area contributed by atoms with Crippen LogP contribution >= 0.6 is 0 Å². The van der Waals surface area contributed by atoms with Crippen LogP contribution in [0.15, 0.2) is 40.8 Å². The van der Waals surface area contributed by atoms with Crippen molar-refractivity contribution in [3.8, 4) is 0 Å². The van der Waals surface area contributed by atoms with E-state index in [0.29, 0.717) is 35.3 Å². The molecular formula is C18H16O4. The summed E-state index contributed by atoms with van der Waals surface area (Å²) in [5.74, 6) is -0.280. The maximum Gasteiger partial charge on any atom is 0.338 e. The standard InChI is InChI=1S/C18H16O4/c1-3-15(19)11-5-7-16-13(9-11)14-10-12(18(20)21-4-2)6-8-17(14)22-16/h5-10H,3-4H2,1-2H3. The summed E-state index contributed by atoms with van der Waals surface area (Å²) in [6.45, 7) is 3.93. The van der Waals surface area contributed by atoms with Crippen LogP contribution < -0.4 is 0 Å². The molecule has 0 atom stereocenters. The van der Waals surface area contributed by atoms with Gasteiger partial charge in [0.1, 0.15) is 11.2 Å². The first-order valence-electron chi connectivity index (χ1n) is 7.30. The van der Waals surface area contributed by atoms with E-state index in [1.54, 1.807) is 37.3 Å². The summed E-state index contributed by atoms with van der Waals surface area (Å²) in [5.41, 5.74) is 2.51. The lowest BCUT2D eigenvalue weighted by Crippen LogP contribution is -2.03. The third-order valence-corrected chi connectivity index (χ3v) is 3.62. The first-order valence-corrected chi connectivity index (χ1v) is 7.30. The van der Waals surface area contributed by atoms with Crippen molar-refractivity contribution in [3.63, 3.8) is 0 Å². The third-order valence-electron chi connectivity index (χ3n) is 3.62. The fourth-order valence-corrected chi connectivity index (χ4v) is 2.50. The van der Waals surface area contributed by atoms with Gasteiger partial charge in [0.15, 0.2) is 5.78 Å². The number of benzene rings is 2. The molecule has 2 aromatic carbocycles. The number of ketones is 1. The van der Waals surface area contributed by atoms with E-state index in [1.165, 1.54) is 0 Å². The van der Waals surface area contributed by atoms with Gasteiger partial charge in [-0.05, 0) is 43.3 Å². The number of Topliss-reactive ketones (excluding diaryl/α,β-unsaturated/α-hetero) is 1. The highest BCUT2D eigenvalue weighted by Gasteiger charge is 2.13. The maximum absolute atomic E-state index is 11.9. The van der Waals surface area contributed by atoms with Crippen molar-refractivity contribution >= 4 is 33.7 Å². The number of hydrogen-bond acceptors (Lipinski definition) is 4. The van der Waals surface area contributed by atoms with Gasteiger partial charge in [0.2, 0.25) is 0 Å². The second-order valence-electron chi connectivity index (χ2n) is 5.02. The number of fused-ring (bicyclic) bond motifs is 3. The van der Waals surface area contributed by atoms with Crippen molar-refractivity contribution in [1.29, 1.82) is 0 Å². The van der Waals surface area contributed by atoms with Crippen molar-refractivity contribution in [2.75, 3.05) is 6.61 Å². The summed E-state index contributed by atoms with van der Waals surface area (Å²) in [6.07, 6.45) is 0.454. The van der Waals surface area contributed by atoms with E-state index >= 15 is 0 Å². The second kappa shape index (κ2) is 5.64. The maximum atomic E-state index is 11.9. The Labute approximate surface area is 127 Å². The van der Waals surface area contributed by atoms with Gasteiger partial charge in [0.25, 0.3) is 0 Å². The lowest BCUT2D eigenvalue weighted by atomic mass is 10.0. The molecule has 112 valence electrons. The van der Waals surface area contributed by atoms with Gasteiger partial charge in [-0.15, -0.1) is 0 Å². The Bertz CT molecular complexity index is 873. The Hall–Kier alpha value is -2.62. The van der Waals surface area contributed by atoms with E-state index < -0.39 is 0 Å². The molecule has 22 heavy (non-hydrogen) atoms. The van der Waals surface area contributed by atoms with Crippen molar-refractivity contribution < 1.29 is 18.7 Å². The fourth-order valence-electron chi connectivity index (χ4n) is 2.50. The van der Waals surface area contributed by atoms with E-state index in [-0.39, 0.29) is 11.8 Å². The van der Waals surface area contributed by atoms with Gasteiger partial charge in [-0.3, -0.25) is 4.79 Å². The number of carbonyl (C=O) groups excluding carboxylic acids is 2. The molecule has 0 aliphatic rings. The van der Waals surface area contributed by atoms with Crippen molar-refractivity contribution in [2.45, 2.75) is 20.3 Å². The van der Waals surface area contributed by atoms with Crippen LogP contribution in [0.1, 0.15) is 41.0 Å². The number of rotatable bonds is 4. The van der Waals surface area contributed by atoms with Crippen LogP contribution in [0.25, 0.3) is 21.9 Å². The minimum Gasteiger partial charge on any atom is -0.462 e. The summed E-state index contributed by atoms with van der Waals surface area (Å²) in [4.78, 5) is 23.7. The lowest BCUT2D eigenvalue weighted by molar-refractivity contribution is 0.0526. The predicted molar refractivity (Wildman–Crippen MR) is 84.3 cm³/mol. The van der Waals surface area contributed by atoms with E-state index in [0.717, 1.165) is 10.8 Å². The Morgan fingerprint density at radius 2 is 1.55 bits per heavy atom. The molecule has 0 N–H and O–H groups in total. The normalized spacial score (nSPS) is 11.0. The number of furan rings is 1. The number of esters is 1. The molecule has 1 heterocycles. The van der Waals surface area contributed by atoms with Gasteiger partial charge >= 0.3 is 5.97 Å². The van der Waals surface area contributed by atoms with E-state index in [2.05, 4.69) is 0 Å². The monoisotopic (exact) mass is 296 g/mol. The van der Waals surface area contributed by atoms with Crippen LogP contribution in [0.5, 0.6) is 0 Å². The Kier molecular flexibility index (Phi) is 3.67. The van der Waals surface area contributed by atoms with Crippen LogP contribution in [0.4, 0.5) is 0 Å². The highest BCUT2D eigenvalue weighted by molar-refractivity contribution is 6.10. The summed E-state index contributed by atoms with van der Waals surface area (Å²) < 4.78 is 10.8. The van der Waals surface area contributed by atoms with Gasteiger partial charge in [-0.25, -0.2) is 4.79 Å². The largest absolute Gasteiger partial charge is 0.462 e. The zero-order chi connectivity index (χ0) is 15.7. The summed E-state index contributed by atoms with van der Waals surface area (Å²) in [7, 11) is 0. The molecule has 3 rings (SSSR count). The van der Waals surface area contributed by atoms with Crippen molar-refractivity contribution in [3.05, 3.63) is 47.5 Å². The molecule has 0 aliphatic carbocycles. The Morgan fingerprint density at radius 1 is 0.955 bits per heavy atom. The van der Waals surface area contributed by atoms with E-state index in [4.69, 9.17) is 9.15 Å². The average molecular weight is 296 g/mol. The molecule has 0 saturated carbocycles. The quantitative estimate of drug-likeness (QED) is 0.530. The molecule has 0 radical (unpaired) electrons. The summed E-state index contributed by atoms with van der Waals surface area (Å²) in [6, 6.07) is 10.6. The zero-order valence-corrected chi connectivity index (χ0v) is 12.5. The molecule has 1 aromatic heterocycles. The molecule has 0 unspecified atom stereocenters. The molecule has 0 aliphatic heterocycles. The van der Waals surface area contributed by atoms with Crippen LogP contribution in [0.3, 0.4) is 0 Å². The Balaban J connectivity index is 2.18. The topological polar surface area (TPSA) is 56.5 Å². The minimum absolute atomic E-state index is 0.0813. The molecule has 0 bridgehead atoms. The number of hydrogen-bond donors (Lipinski definition) is 0. The zero-order valence-electron chi connectivity index (χ0n) is 12.5. The van der Waals surface area contributed by atoms with Crippen LogP contribution in [0, 0.1) is 0 Å². The molecule has 3 aromatic rings. The van der Waals surface area contributed by atoms with Crippen LogP contribution in [-0.2, 0) is 4.74 Å². The number of ether oxygens (including phenoxy) is 1. The fraction of sp³-hybridized carbons (Fsp3) is 0.222. The Morgan fingerprint density at radius 3 is 2.14 bits per heavy atom. The predicted octanol–water partition coefficient (Wildman–Crippen LogP) is 4.36. The molecule has 0 fully saturated rings. The van der Waals surface area contributed by atoms with Crippen LogP contribution in [-0.4, -0.2) is 18.4 Å². The molecule has 0 spiro atoms. The summed E-state index contributed by atoms with van der Waals surface area (Å²) in [5, 5.41) is 1.65. The summed E-state index contributed by atoms with van der Waals surface area (Å²) >= 11 is 0. The SMILES string of the molecule is CCOC(=O)c1ccc2oc3ccc(C(=O)CC)cc3c2c1. The highest BCUT2D eigenvalue weighted by atomic mass is 16.5. The number of carbonyl (C=O) groups is 2. The highest BCUT2D eigenvalue weighted by Crippen LogP contribution is 2.30. The van der Waals surface area contributed by atoms with Crippen molar-refractivity contribution in [2.24, 2.45) is 0 Å². The van der Waals surface area contributed by atoms with Crippen molar-refractivity contribution in [1.82, 2.24) is 0 Å². The first kappa shape index (κ1) is 14.3. The molecule has 0 amide bonds.